The van der Waals surface area contributed by atoms with Gasteiger partial charge in [0.25, 0.3) is 0 Å². The second-order valence-electron chi connectivity index (χ2n) is 8.86. The highest BCUT2D eigenvalue weighted by Crippen LogP contribution is 2.67. The molecule has 0 aromatic heterocycles. The Morgan fingerprint density at radius 2 is 1.32 bits per heavy atom. The molecule has 0 saturated heterocycles. The van der Waals surface area contributed by atoms with Crippen LogP contribution in [0.1, 0.15) is 0 Å². The maximum atomic E-state index is 12.3. The van der Waals surface area contributed by atoms with Crippen LogP contribution in [0.4, 0.5) is 0 Å². The lowest BCUT2D eigenvalue weighted by Gasteiger charge is -2.48. The Bertz CT molecular complexity index is 1370. The monoisotopic (exact) mass is 691 g/mol. The van der Waals surface area contributed by atoms with Crippen LogP contribution in [-0.4, -0.2) is 102 Å². The molecule has 1 fully saturated rings. The van der Waals surface area contributed by atoms with Gasteiger partial charge in [0.05, 0.1) is 0 Å². The van der Waals surface area contributed by atoms with E-state index in [-0.39, 0.29) is 24.7 Å². The Hall–Kier alpha value is -1.97. The standard InChI is InChI=1S/C20H29BNO19P3/c22-9-10-35-13-7-4-8-14(11-13)37-21(36-12-5-2-1-3-6-12)38-17-15(23)18(25)20(27,19(26)16(17)24)39-43(31,32)41-44(33,34)40-42(28,29)30/h1-8,11,15-19,23-27H,9-10,22H2,(H,31,32)(H,33,34)(H2,28,29,30). The molecule has 11 N–H and O–H groups in total. The molecule has 0 heterocycles. The largest absolute Gasteiger partial charge is 0.788 e. The van der Waals surface area contributed by atoms with Gasteiger partial charge in [-0.3, -0.25) is 0 Å². The van der Waals surface area contributed by atoms with Crippen molar-refractivity contribution in [3.63, 3.8) is 0 Å². The topological polar surface area (TPSA) is 324 Å². The van der Waals surface area contributed by atoms with E-state index < -0.39 is 67.1 Å². The molecule has 44 heavy (non-hydrogen) atoms. The van der Waals surface area contributed by atoms with Crippen LogP contribution in [0.25, 0.3) is 0 Å². The SMILES string of the molecule is NCCOc1cccc(OB(Oc2ccccc2)OC2C(O)C(O)C(O)(OP(=O)(O)OP(=O)(O)OP(=O)(O)O)C(O)C2O)c1. The van der Waals surface area contributed by atoms with Gasteiger partial charge in [-0.1, -0.05) is 24.3 Å². The van der Waals surface area contributed by atoms with Crippen molar-refractivity contribution in [3.8, 4) is 17.2 Å². The summed E-state index contributed by atoms with van der Waals surface area (Å²) in [6.45, 7) is 0.383. The van der Waals surface area contributed by atoms with Gasteiger partial charge >= 0.3 is 30.8 Å². The Kier molecular flexibility index (Phi) is 12.1. The molecule has 1 saturated carbocycles. The van der Waals surface area contributed by atoms with Crippen LogP contribution >= 0.6 is 23.5 Å². The predicted molar refractivity (Wildman–Crippen MR) is 143 cm³/mol. The summed E-state index contributed by atoms with van der Waals surface area (Å²) in [6, 6.07) is 13.7. The lowest BCUT2D eigenvalue weighted by molar-refractivity contribution is -0.335. The summed E-state index contributed by atoms with van der Waals surface area (Å²) < 4.78 is 68.1. The first-order valence-electron chi connectivity index (χ1n) is 12.1. The van der Waals surface area contributed by atoms with Crippen molar-refractivity contribution in [2.75, 3.05) is 13.2 Å². The minimum absolute atomic E-state index is 0.0607. The highest BCUT2D eigenvalue weighted by Gasteiger charge is 2.63. The van der Waals surface area contributed by atoms with E-state index in [1.54, 1.807) is 24.3 Å². The fourth-order valence-corrected chi connectivity index (χ4v) is 6.94. The van der Waals surface area contributed by atoms with E-state index in [2.05, 4.69) is 13.1 Å². The van der Waals surface area contributed by atoms with Crippen molar-refractivity contribution < 1.29 is 90.6 Å². The Labute approximate surface area is 248 Å². The van der Waals surface area contributed by atoms with Crippen molar-refractivity contribution in [2.24, 2.45) is 5.73 Å². The van der Waals surface area contributed by atoms with Gasteiger partial charge in [0.15, 0.2) is 0 Å². The quantitative estimate of drug-likeness (QED) is 0.0567. The third-order valence-corrected chi connectivity index (χ3v) is 9.36. The molecule has 1 aliphatic carbocycles. The average Bonchev–Trinajstić information content (AvgIpc) is 2.90. The number of phosphoric ester groups is 1. The molecule has 0 aliphatic heterocycles. The molecule has 1 aliphatic rings. The lowest BCUT2D eigenvalue weighted by atomic mass is 9.81. The number of hydrogen-bond acceptors (Lipinski definition) is 16. The van der Waals surface area contributed by atoms with E-state index in [0.717, 1.165) is 0 Å². The Morgan fingerprint density at radius 3 is 1.89 bits per heavy atom. The number of hydrogen-bond donors (Lipinski definition) is 10. The molecule has 0 bridgehead atoms. The Balaban J connectivity index is 1.83. The van der Waals surface area contributed by atoms with Crippen molar-refractivity contribution >= 4 is 30.8 Å². The zero-order valence-corrected chi connectivity index (χ0v) is 24.8. The maximum absolute atomic E-state index is 12.3. The van der Waals surface area contributed by atoms with Crippen molar-refractivity contribution in [3.05, 3.63) is 54.6 Å². The van der Waals surface area contributed by atoms with Crippen LogP contribution < -0.4 is 19.8 Å². The molecule has 0 radical (unpaired) electrons. The molecule has 0 amide bonds. The van der Waals surface area contributed by atoms with Crippen LogP contribution in [0, 0.1) is 0 Å². The summed E-state index contributed by atoms with van der Waals surface area (Å²) in [6.07, 6.45) is -12.8. The first-order chi connectivity index (χ1) is 20.4. The second-order valence-corrected chi connectivity index (χ2v) is 13.2. The smallest absolute Gasteiger partial charge is 0.501 e. The third-order valence-electron chi connectivity index (χ3n) is 5.51. The summed E-state index contributed by atoms with van der Waals surface area (Å²) >= 11 is 0. The zero-order valence-electron chi connectivity index (χ0n) is 22.1. The number of phosphoric acid groups is 3. The van der Waals surface area contributed by atoms with Crippen LogP contribution in [0.15, 0.2) is 54.6 Å². The molecule has 0 spiro atoms. The van der Waals surface area contributed by atoms with Crippen LogP contribution in [0.2, 0.25) is 0 Å². The van der Waals surface area contributed by atoms with Gasteiger partial charge in [-0.2, -0.15) is 8.62 Å². The number of para-hydroxylation sites is 1. The van der Waals surface area contributed by atoms with Crippen LogP contribution in [-0.2, 0) is 31.5 Å². The predicted octanol–water partition coefficient (Wildman–Crippen LogP) is -1.66. The van der Waals surface area contributed by atoms with Crippen molar-refractivity contribution in [1.82, 2.24) is 0 Å². The summed E-state index contributed by atoms with van der Waals surface area (Å²) in [4.78, 5) is 36.4. The minimum atomic E-state index is -6.20. The van der Waals surface area contributed by atoms with Gasteiger partial charge in [0.1, 0.15) is 54.4 Å². The number of rotatable bonds is 15. The van der Waals surface area contributed by atoms with Crippen molar-refractivity contribution in [1.29, 1.82) is 0 Å². The molecule has 3 rings (SSSR count). The highest BCUT2D eigenvalue weighted by molar-refractivity contribution is 7.66. The number of ether oxygens (including phenoxy) is 1. The van der Waals surface area contributed by atoms with Crippen LogP contribution in [0.3, 0.4) is 0 Å². The fourth-order valence-electron chi connectivity index (χ4n) is 3.72. The van der Waals surface area contributed by atoms with E-state index >= 15 is 0 Å². The molecule has 6 atom stereocenters. The molecule has 20 nitrogen and oxygen atoms in total. The highest BCUT2D eigenvalue weighted by atomic mass is 31.3. The lowest BCUT2D eigenvalue weighted by Crippen LogP contribution is -2.72. The molecule has 24 heteroatoms. The van der Waals surface area contributed by atoms with E-state index in [1.165, 1.54) is 30.3 Å². The number of benzene rings is 2. The summed E-state index contributed by atoms with van der Waals surface area (Å²) in [5, 5.41) is 53.2. The van der Waals surface area contributed by atoms with E-state index in [9.17, 15) is 49.0 Å². The van der Waals surface area contributed by atoms with Gasteiger partial charge in [0.2, 0.25) is 5.79 Å². The summed E-state index contributed by atoms with van der Waals surface area (Å²) in [5.74, 6) is -3.31. The first kappa shape index (κ1) is 36.5. The third kappa shape index (κ3) is 10.0. The normalized spacial score (nSPS) is 28.4. The van der Waals surface area contributed by atoms with Gasteiger partial charge in [-0.05, 0) is 24.3 Å². The molecule has 2 aromatic rings. The van der Waals surface area contributed by atoms with Crippen molar-refractivity contribution in [2.45, 2.75) is 36.3 Å². The number of aliphatic hydroxyl groups excluding tert-OH is 4. The van der Waals surface area contributed by atoms with Gasteiger partial charge in [0, 0.05) is 12.6 Å². The van der Waals surface area contributed by atoms with Gasteiger partial charge < -0.3 is 69.5 Å². The molecule has 6 unspecified atom stereocenters. The summed E-state index contributed by atoms with van der Waals surface area (Å²) in [5.41, 5.74) is 5.43. The molecular formula is C20H29BNO19P3. The Morgan fingerprint density at radius 1 is 0.773 bits per heavy atom. The summed E-state index contributed by atoms with van der Waals surface area (Å²) in [7, 11) is -19.9. The maximum Gasteiger partial charge on any atom is 0.788 e. The second kappa shape index (κ2) is 14.6. The number of nitrogens with two attached hydrogens (primary N) is 1. The van der Waals surface area contributed by atoms with E-state index in [0.29, 0.717) is 5.75 Å². The minimum Gasteiger partial charge on any atom is -0.501 e. The van der Waals surface area contributed by atoms with Crippen LogP contribution in [0.5, 0.6) is 17.2 Å². The van der Waals surface area contributed by atoms with Gasteiger partial charge in [-0.15, -0.1) is 0 Å². The fraction of sp³-hybridized carbons (Fsp3) is 0.400. The average molecular weight is 691 g/mol. The van der Waals surface area contributed by atoms with Gasteiger partial charge in [-0.25, -0.2) is 18.2 Å². The zero-order chi connectivity index (χ0) is 32.9. The van der Waals surface area contributed by atoms with E-state index in [4.69, 9.17) is 34.2 Å². The first-order valence-corrected chi connectivity index (χ1v) is 16.6. The molecule has 246 valence electrons. The molecule has 2 aromatic carbocycles. The molecular weight excluding hydrogens is 662 g/mol. The van der Waals surface area contributed by atoms with E-state index in [1.807, 2.05) is 0 Å². The number of aliphatic hydroxyl groups is 5.